The molecule has 2 aromatic rings. The van der Waals surface area contributed by atoms with Crippen molar-refractivity contribution in [2.75, 3.05) is 0 Å². The van der Waals surface area contributed by atoms with Gasteiger partial charge in [-0.1, -0.05) is 36.9 Å². The van der Waals surface area contributed by atoms with Crippen LogP contribution < -0.4 is 0 Å². The van der Waals surface area contributed by atoms with Gasteiger partial charge < -0.3 is 4.74 Å². The van der Waals surface area contributed by atoms with E-state index < -0.39 is 5.97 Å². The smallest absolute Gasteiger partial charge is 0.343 e. The molecule has 0 heterocycles. The molecule has 0 fully saturated rings. The molecule has 3 heteroatoms. The van der Waals surface area contributed by atoms with Crippen molar-refractivity contribution in [1.29, 1.82) is 0 Å². The first-order chi connectivity index (χ1) is 8.58. The summed E-state index contributed by atoms with van der Waals surface area (Å²) < 4.78 is 4.86. The Kier molecular flexibility index (Phi) is 3.24. The number of Topliss-reactive ketones (excluding diaryl/α,β-unsaturated/α-hetero) is 1. The molecule has 18 heavy (non-hydrogen) atoms. The van der Waals surface area contributed by atoms with Crippen molar-refractivity contribution in [1.82, 2.24) is 0 Å². The second-order valence-corrected chi connectivity index (χ2v) is 3.93. The van der Waals surface area contributed by atoms with Crippen molar-refractivity contribution in [3.8, 4) is 0 Å². The van der Waals surface area contributed by atoms with Crippen LogP contribution in [0.25, 0.3) is 10.8 Å². The van der Waals surface area contributed by atoms with Gasteiger partial charge in [0.2, 0.25) is 0 Å². The molecule has 0 unspecified atom stereocenters. The fourth-order valence-electron chi connectivity index (χ4n) is 1.56. The lowest BCUT2D eigenvalue weighted by atomic mass is 10.1. The van der Waals surface area contributed by atoms with Gasteiger partial charge in [0.05, 0.1) is 5.56 Å². The van der Waals surface area contributed by atoms with E-state index >= 15 is 0 Å². The minimum atomic E-state index is -0.569. The van der Waals surface area contributed by atoms with Gasteiger partial charge >= 0.3 is 5.97 Å². The molecular formula is C15H12O3. The van der Waals surface area contributed by atoms with Crippen molar-refractivity contribution in [2.45, 2.75) is 6.92 Å². The Balaban J connectivity index is 2.28. The molecule has 90 valence electrons. The average molecular weight is 240 g/mol. The number of ketones is 1. The summed E-state index contributed by atoms with van der Waals surface area (Å²) in [6.45, 7) is 4.69. The van der Waals surface area contributed by atoms with E-state index in [9.17, 15) is 9.59 Å². The fourth-order valence-corrected chi connectivity index (χ4v) is 1.56. The van der Waals surface area contributed by atoms with Gasteiger partial charge in [-0.15, -0.1) is 0 Å². The molecule has 0 aliphatic carbocycles. The van der Waals surface area contributed by atoms with Crippen LogP contribution in [0.2, 0.25) is 0 Å². The van der Waals surface area contributed by atoms with E-state index in [2.05, 4.69) is 6.58 Å². The molecule has 3 nitrogen and oxygen atoms in total. The molecule has 0 amide bonds. The minimum Gasteiger partial charge on any atom is -0.420 e. The van der Waals surface area contributed by atoms with E-state index in [1.165, 1.54) is 6.92 Å². The predicted molar refractivity (Wildman–Crippen MR) is 69.2 cm³/mol. The number of fused-ring (bicyclic) bond motifs is 1. The molecule has 0 spiro atoms. The first-order valence-corrected chi connectivity index (χ1v) is 5.49. The van der Waals surface area contributed by atoms with Crippen LogP contribution in [0.3, 0.4) is 0 Å². The Bertz CT molecular complexity index is 641. The third-order valence-electron chi connectivity index (χ3n) is 2.59. The van der Waals surface area contributed by atoms with Gasteiger partial charge in [0.25, 0.3) is 0 Å². The second kappa shape index (κ2) is 4.84. The number of carbonyl (C=O) groups excluding carboxylic acids is 2. The monoisotopic (exact) mass is 240 g/mol. The van der Waals surface area contributed by atoms with E-state index in [-0.39, 0.29) is 11.5 Å². The summed E-state index contributed by atoms with van der Waals surface area (Å²) in [5, 5.41) is 1.99. The Morgan fingerprint density at radius 3 is 2.39 bits per heavy atom. The summed E-state index contributed by atoms with van der Waals surface area (Å²) >= 11 is 0. The largest absolute Gasteiger partial charge is 0.420 e. The van der Waals surface area contributed by atoms with Crippen molar-refractivity contribution < 1.29 is 14.3 Å². The minimum absolute atomic E-state index is 0.145. The molecule has 0 aliphatic heterocycles. The summed E-state index contributed by atoms with van der Waals surface area (Å²) in [6.07, 6.45) is 0. The van der Waals surface area contributed by atoms with Gasteiger partial charge in [-0.05, 0) is 22.9 Å². The highest BCUT2D eigenvalue weighted by Gasteiger charge is 2.12. The molecule has 0 atom stereocenters. The summed E-state index contributed by atoms with van der Waals surface area (Å²) in [5.41, 5.74) is 0.399. The van der Waals surface area contributed by atoms with E-state index in [1.54, 1.807) is 12.1 Å². The van der Waals surface area contributed by atoms with Crippen LogP contribution >= 0.6 is 0 Å². The number of allylic oxidation sites excluding steroid dienone is 1. The Hall–Kier alpha value is -2.42. The van der Waals surface area contributed by atoms with E-state index in [4.69, 9.17) is 4.74 Å². The lowest BCUT2D eigenvalue weighted by molar-refractivity contribution is -0.116. The summed E-state index contributed by atoms with van der Waals surface area (Å²) in [4.78, 5) is 22.7. The maximum absolute atomic E-state index is 11.8. The molecule has 2 rings (SSSR count). The third kappa shape index (κ3) is 2.46. The Labute approximate surface area is 105 Å². The fraction of sp³-hybridized carbons (Fsp3) is 0.0667. The lowest BCUT2D eigenvalue weighted by Gasteiger charge is -2.05. The maximum Gasteiger partial charge on any atom is 0.343 e. The first-order valence-electron chi connectivity index (χ1n) is 5.49. The zero-order chi connectivity index (χ0) is 13.1. The third-order valence-corrected chi connectivity index (χ3v) is 2.59. The first kappa shape index (κ1) is 12.0. The second-order valence-electron chi connectivity index (χ2n) is 3.93. The normalized spacial score (nSPS) is 10.1. The number of esters is 1. The molecule has 0 N–H and O–H groups in total. The van der Waals surface area contributed by atoms with Crippen molar-refractivity contribution >= 4 is 22.5 Å². The number of benzene rings is 2. The zero-order valence-electron chi connectivity index (χ0n) is 9.97. The number of hydrogen-bond acceptors (Lipinski definition) is 3. The topological polar surface area (TPSA) is 43.4 Å². The van der Waals surface area contributed by atoms with Gasteiger partial charge in [-0.3, -0.25) is 4.79 Å². The Morgan fingerprint density at radius 2 is 1.72 bits per heavy atom. The summed E-state index contributed by atoms with van der Waals surface area (Å²) in [5.74, 6) is -1.07. The average Bonchev–Trinajstić information content (AvgIpc) is 2.37. The lowest BCUT2D eigenvalue weighted by Crippen LogP contribution is -2.08. The molecule has 0 aromatic heterocycles. The molecule has 0 bridgehead atoms. The molecule has 0 radical (unpaired) electrons. The van der Waals surface area contributed by atoms with Crippen LogP contribution in [0.4, 0.5) is 0 Å². The van der Waals surface area contributed by atoms with Gasteiger partial charge in [-0.25, -0.2) is 4.79 Å². The molecule has 0 aliphatic rings. The van der Waals surface area contributed by atoms with Crippen LogP contribution in [-0.2, 0) is 9.53 Å². The molecule has 0 saturated carbocycles. The van der Waals surface area contributed by atoms with Crippen molar-refractivity contribution in [3.63, 3.8) is 0 Å². The standard InChI is InChI=1S/C15H12O3/c1-10(16)11(2)18-15(17)14-8-7-12-5-3-4-6-13(12)9-14/h3-9H,2H2,1H3. The van der Waals surface area contributed by atoms with Crippen LogP contribution in [0.1, 0.15) is 17.3 Å². The molecule has 0 saturated heterocycles. The number of rotatable bonds is 3. The van der Waals surface area contributed by atoms with E-state index in [1.807, 2.05) is 30.3 Å². The van der Waals surface area contributed by atoms with Gasteiger partial charge in [-0.2, -0.15) is 0 Å². The van der Waals surface area contributed by atoms with Crippen LogP contribution in [0.5, 0.6) is 0 Å². The summed E-state index contributed by atoms with van der Waals surface area (Å²) in [7, 11) is 0. The number of hydrogen-bond donors (Lipinski definition) is 0. The number of carbonyl (C=O) groups is 2. The Morgan fingerprint density at radius 1 is 1.06 bits per heavy atom. The van der Waals surface area contributed by atoms with Crippen LogP contribution in [0, 0.1) is 0 Å². The van der Waals surface area contributed by atoms with Crippen LogP contribution in [-0.4, -0.2) is 11.8 Å². The highest BCUT2D eigenvalue weighted by Crippen LogP contribution is 2.16. The highest BCUT2D eigenvalue weighted by atomic mass is 16.5. The van der Waals surface area contributed by atoms with E-state index in [0.717, 1.165) is 10.8 Å². The van der Waals surface area contributed by atoms with Crippen molar-refractivity contribution in [2.24, 2.45) is 0 Å². The SMILES string of the molecule is C=C(OC(=O)c1ccc2ccccc2c1)C(C)=O. The summed E-state index contributed by atoms with van der Waals surface area (Å²) in [6, 6.07) is 12.9. The predicted octanol–water partition coefficient (Wildman–Crippen LogP) is 3.10. The maximum atomic E-state index is 11.8. The van der Waals surface area contributed by atoms with Gasteiger partial charge in [0.1, 0.15) is 0 Å². The molecule has 2 aromatic carbocycles. The van der Waals surface area contributed by atoms with Gasteiger partial charge in [0.15, 0.2) is 11.5 Å². The van der Waals surface area contributed by atoms with E-state index in [0.29, 0.717) is 5.56 Å². The zero-order valence-corrected chi connectivity index (χ0v) is 9.97. The van der Waals surface area contributed by atoms with Crippen LogP contribution in [0.15, 0.2) is 54.8 Å². The highest BCUT2D eigenvalue weighted by molar-refractivity contribution is 5.99. The molecular weight excluding hydrogens is 228 g/mol. The number of ether oxygens (including phenoxy) is 1. The quantitative estimate of drug-likeness (QED) is 0.470. The van der Waals surface area contributed by atoms with Gasteiger partial charge in [0, 0.05) is 6.92 Å². The van der Waals surface area contributed by atoms with Crippen molar-refractivity contribution in [3.05, 3.63) is 60.4 Å².